The fourth-order valence-electron chi connectivity index (χ4n) is 1.87. The quantitative estimate of drug-likeness (QED) is 0.654. The van der Waals surface area contributed by atoms with E-state index < -0.39 is 0 Å². The highest BCUT2D eigenvalue weighted by Crippen LogP contribution is 2.32. The molecule has 16 heavy (non-hydrogen) atoms. The Morgan fingerprint density at radius 2 is 2.06 bits per heavy atom. The molecule has 2 heterocycles. The zero-order valence-corrected chi connectivity index (χ0v) is 9.43. The first kappa shape index (κ1) is 9.42. The Morgan fingerprint density at radius 1 is 1.25 bits per heavy atom. The maximum Gasteiger partial charge on any atom is 0.347 e. The lowest BCUT2D eigenvalue weighted by Gasteiger charge is -1.99. The minimum atomic E-state index is -0.278. The maximum absolute atomic E-state index is 11.8. The summed E-state index contributed by atoms with van der Waals surface area (Å²) >= 11 is 1.52. The number of rotatable bonds is 1. The second-order valence-electron chi connectivity index (χ2n) is 3.49. The fraction of sp³-hybridized carbons (Fsp3) is 0.0833. The Bertz CT molecular complexity index is 727. The smallest absolute Gasteiger partial charge is 0.347 e. The molecule has 0 saturated heterocycles. The van der Waals surface area contributed by atoms with E-state index in [-0.39, 0.29) is 5.63 Å². The normalized spacial score (nSPS) is 11.1. The first-order valence-corrected chi connectivity index (χ1v) is 5.80. The summed E-state index contributed by atoms with van der Waals surface area (Å²) in [5, 5.41) is 8.44. The topological polar surface area (TPSA) is 42.2 Å². The largest absolute Gasteiger partial charge is 0.422 e. The summed E-state index contributed by atoms with van der Waals surface area (Å²) in [6, 6.07) is 7.58. The molecule has 2 aromatic heterocycles. The van der Waals surface area contributed by atoms with E-state index in [1.165, 1.54) is 11.3 Å². The van der Waals surface area contributed by atoms with Crippen LogP contribution in [0.4, 0.5) is 5.00 Å². The minimum absolute atomic E-state index is 0.278. The van der Waals surface area contributed by atoms with Gasteiger partial charge < -0.3 is 9.73 Å². The van der Waals surface area contributed by atoms with Gasteiger partial charge >= 0.3 is 5.63 Å². The highest BCUT2D eigenvalue weighted by molar-refractivity contribution is 7.16. The van der Waals surface area contributed by atoms with Gasteiger partial charge in [0.15, 0.2) is 0 Å². The molecule has 0 amide bonds. The Balaban J connectivity index is 2.61. The van der Waals surface area contributed by atoms with E-state index in [4.69, 9.17) is 4.42 Å². The first-order valence-electron chi connectivity index (χ1n) is 4.92. The van der Waals surface area contributed by atoms with Gasteiger partial charge in [-0.25, -0.2) is 4.79 Å². The lowest BCUT2D eigenvalue weighted by Crippen LogP contribution is -2.00. The first-order chi connectivity index (χ1) is 7.81. The van der Waals surface area contributed by atoms with E-state index in [2.05, 4.69) is 5.32 Å². The third-order valence-electron chi connectivity index (χ3n) is 2.60. The van der Waals surface area contributed by atoms with Crippen LogP contribution in [0.3, 0.4) is 0 Å². The number of hydrogen-bond acceptors (Lipinski definition) is 4. The second kappa shape index (κ2) is 3.35. The summed E-state index contributed by atoms with van der Waals surface area (Å²) in [4.78, 5) is 11.8. The van der Waals surface area contributed by atoms with Crippen LogP contribution in [0.25, 0.3) is 21.7 Å². The van der Waals surface area contributed by atoms with Crippen molar-refractivity contribution >= 4 is 38.1 Å². The van der Waals surface area contributed by atoms with Gasteiger partial charge in [0.2, 0.25) is 0 Å². The van der Waals surface area contributed by atoms with Gasteiger partial charge in [0.25, 0.3) is 0 Å². The van der Waals surface area contributed by atoms with Crippen LogP contribution in [0, 0.1) is 0 Å². The number of fused-ring (bicyclic) bond motifs is 3. The van der Waals surface area contributed by atoms with Crippen molar-refractivity contribution in [2.24, 2.45) is 0 Å². The Morgan fingerprint density at radius 3 is 2.88 bits per heavy atom. The van der Waals surface area contributed by atoms with Crippen molar-refractivity contribution < 1.29 is 4.42 Å². The molecule has 1 aromatic carbocycles. The Kier molecular flexibility index (Phi) is 1.97. The van der Waals surface area contributed by atoms with Crippen molar-refractivity contribution in [1.29, 1.82) is 0 Å². The molecule has 0 fully saturated rings. The molecular weight excluding hydrogens is 222 g/mol. The molecule has 0 aliphatic heterocycles. The molecule has 3 nitrogen and oxygen atoms in total. The molecule has 1 N–H and O–H groups in total. The van der Waals surface area contributed by atoms with Crippen LogP contribution < -0.4 is 10.9 Å². The van der Waals surface area contributed by atoms with E-state index in [1.807, 2.05) is 29.6 Å². The molecule has 80 valence electrons. The molecule has 0 spiro atoms. The van der Waals surface area contributed by atoms with Crippen LogP contribution in [0.1, 0.15) is 0 Å². The zero-order valence-electron chi connectivity index (χ0n) is 8.61. The van der Waals surface area contributed by atoms with Gasteiger partial charge in [-0.05, 0) is 6.07 Å². The summed E-state index contributed by atoms with van der Waals surface area (Å²) in [6.07, 6.45) is 0. The fourth-order valence-corrected chi connectivity index (χ4v) is 2.78. The summed E-state index contributed by atoms with van der Waals surface area (Å²) in [7, 11) is 1.81. The predicted molar refractivity (Wildman–Crippen MR) is 67.4 cm³/mol. The molecule has 0 aliphatic carbocycles. The van der Waals surface area contributed by atoms with Crippen LogP contribution >= 0.6 is 11.3 Å². The summed E-state index contributed by atoms with van der Waals surface area (Å²) in [5.41, 5.74) is 0.361. The number of hydrogen-bond donors (Lipinski definition) is 1. The van der Waals surface area contributed by atoms with Crippen LogP contribution in [0.15, 0.2) is 38.9 Å². The molecule has 0 radical (unpaired) electrons. The van der Waals surface area contributed by atoms with Gasteiger partial charge in [-0.2, -0.15) is 0 Å². The molecule has 0 bridgehead atoms. The van der Waals surface area contributed by atoms with E-state index in [9.17, 15) is 4.79 Å². The zero-order chi connectivity index (χ0) is 11.1. The van der Waals surface area contributed by atoms with E-state index in [0.717, 1.165) is 15.8 Å². The standard InChI is InChI=1S/C12H9NO2S/c1-13-11-10-8(6-16-11)7-4-2-3-5-9(7)15-12(10)14/h2-6,13H,1H3. The van der Waals surface area contributed by atoms with Gasteiger partial charge in [-0.1, -0.05) is 18.2 Å². The van der Waals surface area contributed by atoms with Crippen molar-refractivity contribution in [1.82, 2.24) is 0 Å². The summed E-state index contributed by atoms with van der Waals surface area (Å²) in [6.45, 7) is 0. The molecule has 3 aromatic rings. The van der Waals surface area contributed by atoms with Crippen molar-refractivity contribution in [3.63, 3.8) is 0 Å². The monoisotopic (exact) mass is 231 g/mol. The number of thiophene rings is 1. The van der Waals surface area contributed by atoms with E-state index in [1.54, 1.807) is 7.05 Å². The van der Waals surface area contributed by atoms with Gasteiger partial charge in [0.1, 0.15) is 16.0 Å². The maximum atomic E-state index is 11.8. The third-order valence-corrected chi connectivity index (χ3v) is 3.60. The molecule has 0 aliphatic rings. The number of anilines is 1. The van der Waals surface area contributed by atoms with Crippen LogP contribution in [0.5, 0.6) is 0 Å². The summed E-state index contributed by atoms with van der Waals surface area (Å²) < 4.78 is 5.29. The van der Waals surface area contributed by atoms with E-state index in [0.29, 0.717) is 11.0 Å². The average Bonchev–Trinajstić information content (AvgIpc) is 2.74. The van der Waals surface area contributed by atoms with Gasteiger partial charge in [0, 0.05) is 23.2 Å². The Hall–Kier alpha value is -1.81. The Labute approximate surface area is 95.3 Å². The SMILES string of the molecule is CNc1scc2c1c(=O)oc1ccccc12. The summed E-state index contributed by atoms with van der Waals surface area (Å²) in [5.74, 6) is 0. The van der Waals surface area contributed by atoms with Crippen LogP contribution in [-0.4, -0.2) is 7.05 Å². The van der Waals surface area contributed by atoms with Crippen molar-refractivity contribution in [3.8, 4) is 0 Å². The third kappa shape index (κ3) is 1.17. The number of nitrogens with one attached hydrogen (secondary N) is 1. The number of benzene rings is 1. The molecule has 0 saturated carbocycles. The highest BCUT2D eigenvalue weighted by Gasteiger charge is 2.12. The van der Waals surface area contributed by atoms with Gasteiger partial charge in [-0.15, -0.1) is 11.3 Å². The average molecular weight is 231 g/mol. The van der Waals surface area contributed by atoms with Crippen LogP contribution in [-0.2, 0) is 0 Å². The lowest BCUT2D eigenvalue weighted by atomic mass is 10.1. The van der Waals surface area contributed by atoms with Crippen molar-refractivity contribution in [3.05, 3.63) is 40.1 Å². The molecule has 0 unspecified atom stereocenters. The van der Waals surface area contributed by atoms with Crippen LogP contribution in [0.2, 0.25) is 0 Å². The molecule has 4 heteroatoms. The second-order valence-corrected chi connectivity index (χ2v) is 4.37. The van der Waals surface area contributed by atoms with Gasteiger partial charge in [0.05, 0.1) is 0 Å². The van der Waals surface area contributed by atoms with Gasteiger partial charge in [-0.3, -0.25) is 0 Å². The minimum Gasteiger partial charge on any atom is -0.422 e. The van der Waals surface area contributed by atoms with Crippen molar-refractivity contribution in [2.75, 3.05) is 12.4 Å². The lowest BCUT2D eigenvalue weighted by molar-refractivity contribution is 0.570. The molecule has 3 rings (SSSR count). The van der Waals surface area contributed by atoms with Crippen molar-refractivity contribution in [2.45, 2.75) is 0 Å². The molecular formula is C12H9NO2S. The number of para-hydroxylation sites is 1. The predicted octanol–water partition coefficient (Wildman–Crippen LogP) is 3.05. The van der Waals surface area contributed by atoms with E-state index >= 15 is 0 Å². The molecule has 0 atom stereocenters. The highest BCUT2D eigenvalue weighted by atomic mass is 32.1.